The van der Waals surface area contributed by atoms with Crippen LogP contribution in [-0.2, 0) is 11.2 Å². The Kier molecular flexibility index (Phi) is 5.88. The maximum Gasteiger partial charge on any atom is 0.303 e. The third-order valence-electron chi connectivity index (χ3n) is 3.35. The van der Waals surface area contributed by atoms with Gasteiger partial charge >= 0.3 is 5.97 Å². The van der Waals surface area contributed by atoms with Crippen LogP contribution in [0.15, 0.2) is 64.4 Å². The van der Waals surface area contributed by atoms with Crippen LogP contribution in [0.2, 0.25) is 0 Å². The summed E-state index contributed by atoms with van der Waals surface area (Å²) in [6, 6.07) is 18.9. The van der Waals surface area contributed by atoms with Gasteiger partial charge < -0.3 is 5.11 Å². The van der Waals surface area contributed by atoms with Gasteiger partial charge in [0.2, 0.25) is 0 Å². The average Bonchev–Trinajstić information content (AvgIpc) is 2.47. The molecule has 0 radical (unpaired) electrons. The van der Waals surface area contributed by atoms with E-state index in [2.05, 4.69) is 36.4 Å². The van der Waals surface area contributed by atoms with E-state index in [1.165, 1.54) is 15.4 Å². The number of hydrogen-bond donors (Lipinski definition) is 1. The largest absolute Gasteiger partial charge is 0.481 e. The lowest BCUT2D eigenvalue weighted by Gasteiger charge is -2.09. The Morgan fingerprint density at radius 3 is 2.29 bits per heavy atom. The normalized spacial score (nSPS) is 12.0. The zero-order chi connectivity index (χ0) is 15.1. The second-order valence-electron chi connectivity index (χ2n) is 5.30. The summed E-state index contributed by atoms with van der Waals surface area (Å²) in [4.78, 5) is 13.1. The van der Waals surface area contributed by atoms with Gasteiger partial charge in [-0.2, -0.15) is 0 Å². The molecule has 0 saturated heterocycles. The molecule has 0 fully saturated rings. The third-order valence-corrected chi connectivity index (χ3v) is 4.37. The van der Waals surface area contributed by atoms with Gasteiger partial charge in [0.25, 0.3) is 0 Å². The van der Waals surface area contributed by atoms with E-state index in [0.29, 0.717) is 0 Å². The number of carboxylic acids is 1. The van der Waals surface area contributed by atoms with Crippen LogP contribution in [0, 0.1) is 5.92 Å². The number of rotatable bonds is 7. The summed E-state index contributed by atoms with van der Waals surface area (Å²) in [6.45, 7) is 1.99. The Labute approximate surface area is 130 Å². The molecule has 3 heteroatoms. The molecule has 2 rings (SSSR count). The van der Waals surface area contributed by atoms with E-state index in [1.807, 2.05) is 25.1 Å². The van der Waals surface area contributed by atoms with Crippen LogP contribution < -0.4 is 0 Å². The minimum absolute atomic E-state index is 0.223. The van der Waals surface area contributed by atoms with Gasteiger partial charge in [-0.3, -0.25) is 4.79 Å². The molecule has 0 spiro atoms. The van der Waals surface area contributed by atoms with E-state index >= 15 is 0 Å². The van der Waals surface area contributed by atoms with Crippen LogP contribution in [0.5, 0.6) is 0 Å². The summed E-state index contributed by atoms with van der Waals surface area (Å²) in [5.74, 6) is -0.488. The van der Waals surface area contributed by atoms with Crippen molar-refractivity contribution in [3.63, 3.8) is 0 Å². The van der Waals surface area contributed by atoms with Gasteiger partial charge in [-0.15, -0.1) is 0 Å². The standard InChI is InChI=1S/C18H20O2S/c1-14(13-18(19)20)7-8-15-9-11-17(12-10-15)21-16-5-3-2-4-6-16/h2-6,9-12,14H,7-8,13H2,1H3,(H,19,20)/t14-/m0/s1. The maximum atomic E-state index is 10.6. The molecule has 0 unspecified atom stereocenters. The number of carboxylic acid groups (broad SMARTS) is 1. The van der Waals surface area contributed by atoms with Crippen molar-refractivity contribution in [3.05, 3.63) is 60.2 Å². The number of hydrogen-bond acceptors (Lipinski definition) is 2. The van der Waals surface area contributed by atoms with Gasteiger partial charge in [0.15, 0.2) is 0 Å². The van der Waals surface area contributed by atoms with Crippen LogP contribution in [-0.4, -0.2) is 11.1 Å². The lowest BCUT2D eigenvalue weighted by Crippen LogP contribution is -2.05. The molecule has 0 amide bonds. The molecular weight excluding hydrogens is 280 g/mol. The van der Waals surface area contributed by atoms with Crippen molar-refractivity contribution in [2.75, 3.05) is 0 Å². The van der Waals surface area contributed by atoms with Crippen molar-refractivity contribution < 1.29 is 9.90 Å². The fraction of sp³-hybridized carbons (Fsp3) is 0.278. The summed E-state index contributed by atoms with van der Waals surface area (Å²) >= 11 is 1.75. The fourth-order valence-electron chi connectivity index (χ4n) is 2.16. The zero-order valence-corrected chi connectivity index (χ0v) is 13.0. The molecule has 0 bridgehead atoms. The molecule has 2 aromatic carbocycles. The predicted octanol–water partition coefficient (Wildman–Crippen LogP) is 4.88. The van der Waals surface area contributed by atoms with Gasteiger partial charge in [0.05, 0.1) is 0 Å². The molecule has 21 heavy (non-hydrogen) atoms. The van der Waals surface area contributed by atoms with Gasteiger partial charge in [0, 0.05) is 16.2 Å². The first-order valence-corrected chi connectivity index (χ1v) is 7.99. The van der Waals surface area contributed by atoms with Gasteiger partial charge in [0.1, 0.15) is 0 Å². The van der Waals surface area contributed by atoms with Crippen LogP contribution in [0.3, 0.4) is 0 Å². The van der Waals surface area contributed by atoms with Crippen molar-refractivity contribution in [1.82, 2.24) is 0 Å². The van der Waals surface area contributed by atoms with E-state index in [0.717, 1.165) is 12.8 Å². The van der Waals surface area contributed by atoms with Crippen LogP contribution in [0.1, 0.15) is 25.3 Å². The third kappa shape index (κ3) is 5.64. The summed E-state index contributed by atoms with van der Waals surface area (Å²) < 4.78 is 0. The quantitative estimate of drug-likeness (QED) is 0.791. The van der Waals surface area contributed by atoms with Crippen molar-refractivity contribution in [3.8, 4) is 0 Å². The first-order chi connectivity index (χ1) is 10.1. The highest BCUT2D eigenvalue weighted by Gasteiger charge is 2.07. The second kappa shape index (κ2) is 7.89. The van der Waals surface area contributed by atoms with Crippen molar-refractivity contribution in [2.45, 2.75) is 36.0 Å². The van der Waals surface area contributed by atoms with E-state index in [4.69, 9.17) is 5.11 Å². The molecule has 0 saturated carbocycles. The van der Waals surface area contributed by atoms with E-state index in [1.54, 1.807) is 11.8 Å². The fourth-order valence-corrected chi connectivity index (χ4v) is 3.00. The Bertz CT molecular complexity index is 564. The van der Waals surface area contributed by atoms with E-state index in [9.17, 15) is 4.79 Å². The van der Waals surface area contributed by atoms with Gasteiger partial charge in [-0.1, -0.05) is 49.0 Å². The highest BCUT2D eigenvalue weighted by Crippen LogP contribution is 2.27. The number of carbonyl (C=O) groups is 1. The molecule has 0 aliphatic heterocycles. The molecule has 0 aliphatic rings. The number of benzene rings is 2. The average molecular weight is 300 g/mol. The number of aliphatic carboxylic acids is 1. The Morgan fingerprint density at radius 1 is 1.05 bits per heavy atom. The molecular formula is C18H20O2S. The monoisotopic (exact) mass is 300 g/mol. The SMILES string of the molecule is C[C@@H](CCc1ccc(Sc2ccccc2)cc1)CC(=O)O. The van der Waals surface area contributed by atoms with Crippen LogP contribution in [0.4, 0.5) is 0 Å². The zero-order valence-electron chi connectivity index (χ0n) is 12.2. The molecule has 2 nitrogen and oxygen atoms in total. The lowest BCUT2D eigenvalue weighted by molar-refractivity contribution is -0.138. The Balaban J connectivity index is 1.86. The van der Waals surface area contributed by atoms with Crippen LogP contribution >= 0.6 is 11.8 Å². The van der Waals surface area contributed by atoms with E-state index < -0.39 is 5.97 Å². The first-order valence-electron chi connectivity index (χ1n) is 7.17. The highest BCUT2D eigenvalue weighted by atomic mass is 32.2. The minimum Gasteiger partial charge on any atom is -0.481 e. The van der Waals surface area contributed by atoms with Crippen molar-refractivity contribution >= 4 is 17.7 Å². The summed E-state index contributed by atoms with van der Waals surface area (Å²) in [7, 11) is 0. The Hall–Kier alpha value is -1.74. The van der Waals surface area contributed by atoms with Crippen LogP contribution in [0.25, 0.3) is 0 Å². The molecule has 2 aromatic rings. The lowest BCUT2D eigenvalue weighted by atomic mass is 9.98. The summed E-state index contributed by atoms with van der Waals surface area (Å²) in [6.07, 6.45) is 2.10. The molecule has 1 atom stereocenters. The predicted molar refractivity (Wildman–Crippen MR) is 86.7 cm³/mol. The van der Waals surface area contributed by atoms with Crippen molar-refractivity contribution in [2.24, 2.45) is 5.92 Å². The first kappa shape index (κ1) is 15.6. The minimum atomic E-state index is -0.711. The van der Waals surface area contributed by atoms with Gasteiger partial charge in [-0.05, 0) is 48.6 Å². The maximum absolute atomic E-state index is 10.6. The number of aryl methyl sites for hydroxylation is 1. The molecule has 1 N–H and O–H groups in total. The highest BCUT2D eigenvalue weighted by molar-refractivity contribution is 7.99. The molecule has 0 aliphatic carbocycles. The van der Waals surface area contributed by atoms with E-state index in [-0.39, 0.29) is 12.3 Å². The summed E-state index contributed by atoms with van der Waals surface area (Å²) in [5, 5.41) is 8.75. The van der Waals surface area contributed by atoms with Crippen molar-refractivity contribution in [1.29, 1.82) is 0 Å². The van der Waals surface area contributed by atoms with Gasteiger partial charge in [-0.25, -0.2) is 0 Å². The topological polar surface area (TPSA) is 37.3 Å². The second-order valence-corrected chi connectivity index (χ2v) is 6.45. The Morgan fingerprint density at radius 2 is 1.67 bits per heavy atom. The molecule has 110 valence electrons. The molecule has 0 heterocycles. The summed E-state index contributed by atoms with van der Waals surface area (Å²) in [5.41, 5.74) is 1.27. The molecule has 0 aromatic heterocycles. The smallest absolute Gasteiger partial charge is 0.303 e.